The highest BCUT2D eigenvalue weighted by Gasteiger charge is 2.16. The van der Waals surface area contributed by atoms with Crippen molar-refractivity contribution < 1.29 is 32.6 Å². The van der Waals surface area contributed by atoms with E-state index < -0.39 is 16.0 Å². The van der Waals surface area contributed by atoms with Crippen molar-refractivity contribution >= 4 is 56.1 Å². The van der Waals surface area contributed by atoms with Gasteiger partial charge in [-0.1, -0.05) is 11.8 Å². The van der Waals surface area contributed by atoms with Crippen LogP contribution in [0.2, 0.25) is 0 Å². The Morgan fingerprint density at radius 1 is 1.12 bits per heavy atom. The number of aromatic nitrogens is 1. The maximum absolute atomic E-state index is 12.6. The summed E-state index contributed by atoms with van der Waals surface area (Å²) in [7, 11) is -2.57. The van der Waals surface area contributed by atoms with Crippen molar-refractivity contribution in [1.82, 2.24) is 4.98 Å². The molecule has 0 radical (unpaired) electrons. The fraction of sp³-hybridized carbons (Fsp3) is 0.250. The van der Waals surface area contributed by atoms with Crippen LogP contribution in [0.1, 0.15) is 30.1 Å². The van der Waals surface area contributed by atoms with Crippen molar-refractivity contribution in [2.45, 2.75) is 24.7 Å². The summed E-state index contributed by atoms with van der Waals surface area (Å²) in [5, 5.41) is 8.56. The predicted molar refractivity (Wildman–Crippen MR) is 120 cm³/mol. The lowest BCUT2D eigenvalue weighted by atomic mass is 10.2. The van der Waals surface area contributed by atoms with Gasteiger partial charge in [-0.05, 0) is 36.4 Å². The van der Waals surface area contributed by atoms with Gasteiger partial charge in [0.05, 0.1) is 29.9 Å². The van der Waals surface area contributed by atoms with Crippen molar-refractivity contribution in [2.24, 2.45) is 4.99 Å². The van der Waals surface area contributed by atoms with Crippen LogP contribution in [0.25, 0.3) is 0 Å². The van der Waals surface area contributed by atoms with E-state index in [0.717, 1.165) is 11.8 Å². The summed E-state index contributed by atoms with van der Waals surface area (Å²) < 4.78 is 32.5. The number of methoxy groups -OCH3 is 1. The number of sulfonamides is 1. The topological polar surface area (TPSA) is 152 Å². The first kappa shape index (κ1) is 25.0. The number of carboxylic acid groups (broad SMARTS) is 1. The number of ketones is 1. The Balaban J connectivity index is 2.08. The summed E-state index contributed by atoms with van der Waals surface area (Å²) in [6.07, 6.45) is 1.20. The summed E-state index contributed by atoms with van der Waals surface area (Å²) in [6.45, 7) is 1.36. The molecule has 0 saturated carbocycles. The monoisotopic (exact) mass is 479 g/mol. The summed E-state index contributed by atoms with van der Waals surface area (Å²) >= 11 is 0.885. The molecule has 32 heavy (non-hydrogen) atoms. The Hall–Kier alpha value is -3.25. The number of nitrogens with zero attached hydrogens (tertiary/aromatic N) is 2. The van der Waals surface area contributed by atoms with Crippen molar-refractivity contribution in [1.29, 1.82) is 0 Å². The largest absolute Gasteiger partial charge is 0.484 e. The first-order chi connectivity index (χ1) is 15.1. The number of carbonyl (C=O) groups excluding carboxylic acids is 2. The second-order valence-corrected chi connectivity index (χ2v) is 9.17. The SMILES string of the molecule is COC(CCC(=O)O)=Nc1ccc(S(=O)(=O)Nc2ccc(C(=O)CSC(C)=O)cn2)cc1. The molecule has 170 valence electrons. The minimum absolute atomic E-state index is 0.0159. The Morgan fingerprint density at radius 2 is 1.81 bits per heavy atom. The van der Waals surface area contributed by atoms with E-state index >= 15 is 0 Å². The third kappa shape index (κ3) is 7.78. The van der Waals surface area contributed by atoms with Crippen LogP contribution in [0.15, 0.2) is 52.5 Å². The minimum Gasteiger partial charge on any atom is -0.484 e. The van der Waals surface area contributed by atoms with Gasteiger partial charge >= 0.3 is 5.97 Å². The minimum atomic E-state index is -3.94. The molecule has 10 nitrogen and oxygen atoms in total. The van der Waals surface area contributed by atoms with Crippen molar-refractivity contribution in [3.05, 3.63) is 48.2 Å². The molecule has 0 atom stereocenters. The zero-order chi connectivity index (χ0) is 23.7. The first-order valence-electron chi connectivity index (χ1n) is 9.19. The molecule has 0 aliphatic rings. The van der Waals surface area contributed by atoms with Gasteiger partial charge in [0.25, 0.3) is 10.0 Å². The number of aliphatic carboxylic acids is 1. The third-order valence-electron chi connectivity index (χ3n) is 3.92. The van der Waals surface area contributed by atoms with E-state index in [0.29, 0.717) is 5.69 Å². The summed E-state index contributed by atoms with van der Waals surface area (Å²) in [6, 6.07) is 8.36. The van der Waals surface area contributed by atoms with Crippen LogP contribution in [0.3, 0.4) is 0 Å². The van der Waals surface area contributed by atoms with Crippen LogP contribution in [0.4, 0.5) is 11.5 Å². The van der Waals surface area contributed by atoms with Gasteiger partial charge in [-0.25, -0.2) is 18.4 Å². The molecule has 1 heterocycles. The molecule has 0 aliphatic carbocycles. The molecule has 1 aromatic heterocycles. The molecule has 0 fully saturated rings. The quantitative estimate of drug-likeness (QED) is 0.297. The number of thioether (sulfide) groups is 1. The summed E-state index contributed by atoms with van der Waals surface area (Å²) in [4.78, 5) is 41.7. The van der Waals surface area contributed by atoms with Gasteiger partial charge in [-0.15, -0.1) is 0 Å². The average molecular weight is 480 g/mol. The first-order valence-corrected chi connectivity index (χ1v) is 11.7. The molecule has 0 saturated heterocycles. The van der Waals surface area contributed by atoms with E-state index in [9.17, 15) is 22.8 Å². The maximum Gasteiger partial charge on any atom is 0.303 e. The Morgan fingerprint density at radius 3 is 2.34 bits per heavy atom. The highest BCUT2D eigenvalue weighted by molar-refractivity contribution is 8.14. The van der Waals surface area contributed by atoms with E-state index in [2.05, 4.69) is 14.7 Å². The number of carboxylic acids is 1. The fourth-order valence-corrected chi connectivity index (χ4v) is 3.84. The van der Waals surface area contributed by atoms with Gasteiger partial charge in [0.1, 0.15) is 5.82 Å². The number of hydrogen-bond acceptors (Lipinski definition) is 9. The van der Waals surface area contributed by atoms with Crippen LogP contribution in [-0.2, 0) is 24.3 Å². The highest BCUT2D eigenvalue weighted by atomic mass is 32.2. The molecular weight excluding hydrogens is 458 g/mol. The Kier molecular flexibility index (Phi) is 8.91. The van der Waals surface area contributed by atoms with E-state index in [4.69, 9.17) is 9.84 Å². The van der Waals surface area contributed by atoms with Gasteiger partial charge in [-0.2, -0.15) is 0 Å². The van der Waals surface area contributed by atoms with Crippen LogP contribution in [0.5, 0.6) is 0 Å². The number of benzene rings is 1. The summed E-state index contributed by atoms with van der Waals surface area (Å²) in [5.41, 5.74) is 0.663. The second kappa shape index (κ2) is 11.4. The van der Waals surface area contributed by atoms with Crippen molar-refractivity contribution in [2.75, 3.05) is 17.6 Å². The van der Waals surface area contributed by atoms with E-state index in [1.807, 2.05) is 0 Å². The molecule has 12 heteroatoms. The van der Waals surface area contributed by atoms with Gasteiger partial charge < -0.3 is 9.84 Å². The highest BCUT2D eigenvalue weighted by Crippen LogP contribution is 2.20. The lowest BCUT2D eigenvalue weighted by molar-refractivity contribution is -0.136. The number of aliphatic imine (C=N–C) groups is 1. The number of pyridine rings is 1. The number of Topliss-reactive ketones (excluding diaryl/α,β-unsaturated/α-hetero) is 1. The molecule has 0 unspecified atom stereocenters. The third-order valence-corrected chi connectivity index (χ3v) is 6.10. The molecule has 0 spiro atoms. The molecule has 0 bridgehead atoms. The molecule has 2 rings (SSSR count). The van der Waals surface area contributed by atoms with E-state index in [1.165, 1.54) is 56.6 Å². The van der Waals surface area contributed by atoms with Gasteiger partial charge in [0, 0.05) is 25.1 Å². The molecule has 1 aromatic carbocycles. The molecule has 0 aliphatic heterocycles. The number of ether oxygens (including phenoxy) is 1. The maximum atomic E-state index is 12.6. The Bertz CT molecular complexity index is 1110. The molecule has 2 aromatic rings. The van der Waals surface area contributed by atoms with Gasteiger partial charge in [0.15, 0.2) is 16.8 Å². The summed E-state index contributed by atoms with van der Waals surface area (Å²) in [5.74, 6) is -1.05. The molecule has 2 N–H and O–H groups in total. The number of carbonyl (C=O) groups is 3. The van der Waals surface area contributed by atoms with Crippen LogP contribution in [0, 0.1) is 0 Å². The molecular formula is C20H21N3O7S2. The van der Waals surface area contributed by atoms with Gasteiger partial charge in [-0.3, -0.25) is 19.1 Å². The standard InChI is InChI=1S/C20H21N3O7S2/c1-13(24)31-12-17(25)14-3-8-18(21-11-14)23-32(28,29)16-6-4-15(5-7-16)22-19(30-2)9-10-20(26)27/h3-8,11H,9-10,12H2,1-2H3,(H,21,23)(H,26,27). The second-order valence-electron chi connectivity index (χ2n) is 6.34. The fourth-order valence-electron chi connectivity index (χ4n) is 2.33. The normalized spacial score (nSPS) is 11.6. The smallest absolute Gasteiger partial charge is 0.303 e. The average Bonchev–Trinajstić information content (AvgIpc) is 2.75. The van der Waals surface area contributed by atoms with Crippen molar-refractivity contribution in [3.63, 3.8) is 0 Å². The number of hydrogen-bond donors (Lipinski definition) is 2. The zero-order valence-corrected chi connectivity index (χ0v) is 18.9. The van der Waals surface area contributed by atoms with Crippen LogP contribution < -0.4 is 4.72 Å². The molecule has 0 amide bonds. The Labute approximate surface area is 189 Å². The lowest BCUT2D eigenvalue weighted by Gasteiger charge is -2.08. The number of nitrogens with one attached hydrogen (secondary N) is 1. The zero-order valence-electron chi connectivity index (χ0n) is 17.3. The van der Waals surface area contributed by atoms with Crippen LogP contribution in [-0.4, -0.2) is 54.1 Å². The van der Waals surface area contributed by atoms with E-state index in [1.54, 1.807) is 0 Å². The van der Waals surface area contributed by atoms with Crippen molar-refractivity contribution in [3.8, 4) is 0 Å². The number of rotatable bonds is 10. The predicted octanol–water partition coefficient (Wildman–Crippen LogP) is 2.89. The number of anilines is 1. The van der Waals surface area contributed by atoms with E-state index in [-0.39, 0.29) is 51.7 Å². The lowest BCUT2D eigenvalue weighted by Crippen LogP contribution is -2.14. The van der Waals surface area contributed by atoms with Gasteiger partial charge in [0.2, 0.25) is 0 Å². The van der Waals surface area contributed by atoms with Crippen LogP contribution >= 0.6 is 11.8 Å².